The number of rotatable bonds is 7. The topological polar surface area (TPSA) is 35.2 Å². The van der Waals surface area contributed by atoms with Crippen LogP contribution in [0.3, 0.4) is 0 Å². The van der Waals surface area contributed by atoms with Gasteiger partial charge in [-0.15, -0.1) is 0 Å². The first kappa shape index (κ1) is 17.5. The van der Waals surface area contributed by atoms with Crippen molar-refractivity contribution in [3.8, 4) is 5.75 Å². The molecule has 0 aromatic heterocycles. The molecule has 0 saturated heterocycles. The van der Waals surface area contributed by atoms with Gasteiger partial charge in [0.1, 0.15) is 5.75 Å². The highest BCUT2D eigenvalue weighted by Gasteiger charge is 2.25. The van der Waals surface area contributed by atoms with Crippen molar-refractivity contribution in [3.63, 3.8) is 0 Å². The third kappa shape index (κ3) is 3.76. The van der Waals surface area contributed by atoms with Gasteiger partial charge in [-0.25, -0.2) is 0 Å². The van der Waals surface area contributed by atoms with Crippen LogP contribution in [0.15, 0.2) is 10.5 Å². The van der Waals surface area contributed by atoms with Gasteiger partial charge in [0.05, 0.1) is 7.11 Å². The van der Waals surface area contributed by atoms with Crippen molar-refractivity contribution < 1.29 is 4.74 Å². The predicted molar refractivity (Wildman–Crippen MR) is 90.4 cm³/mol. The van der Waals surface area contributed by atoms with Crippen molar-refractivity contribution in [2.75, 3.05) is 7.11 Å². The van der Waals surface area contributed by atoms with E-state index >= 15 is 0 Å². The summed E-state index contributed by atoms with van der Waals surface area (Å²) in [6, 6.07) is 2.15. The Labute approximate surface area is 132 Å². The van der Waals surface area contributed by atoms with Crippen LogP contribution in [-0.2, 0) is 0 Å². The van der Waals surface area contributed by atoms with Crippen LogP contribution in [0.2, 0.25) is 0 Å². The van der Waals surface area contributed by atoms with Crippen molar-refractivity contribution in [1.29, 1.82) is 0 Å². The Morgan fingerprint density at radius 2 is 1.75 bits per heavy atom. The molecule has 2 nitrogen and oxygen atoms in total. The van der Waals surface area contributed by atoms with Gasteiger partial charge in [0, 0.05) is 16.1 Å². The van der Waals surface area contributed by atoms with Crippen LogP contribution in [0.1, 0.15) is 62.3 Å². The largest absolute Gasteiger partial charge is 0.496 e. The van der Waals surface area contributed by atoms with Crippen molar-refractivity contribution in [3.05, 3.63) is 27.2 Å². The fraction of sp³-hybridized carbons (Fsp3) is 0.647. The van der Waals surface area contributed by atoms with Gasteiger partial charge in [0.15, 0.2) is 0 Å². The first-order valence-electron chi connectivity index (χ1n) is 7.56. The summed E-state index contributed by atoms with van der Waals surface area (Å²) in [5.74, 6) is 1.47. The van der Waals surface area contributed by atoms with Gasteiger partial charge in [-0.05, 0) is 49.8 Å². The molecule has 0 fully saturated rings. The lowest BCUT2D eigenvalue weighted by Gasteiger charge is -2.28. The van der Waals surface area contributed by atoms with Gasteiger partial charge in [-0.3, -0.25) is 0 Å². The molecule has 0 spiro atoms. The minimum absolute atomic E-state index is 0.0426. The molecule has 0 aliphatic heterocycles. The highest BCUT2D eigenvalue weighted by molar-refractivity contribution is 9.10. The third-order valence-corrected chi connectivity index (χ3v) is 4.90. The van der Waals surface area contributed by atoms with Crippen LogP contribution in [0.4, 0.5) is 0 Å². The van der Waals surface area contributed by atoms with Crippen molar-refractivity contribution in [2.45, 2.75) is 59.4 Å². The molecule has 1 rings (SSSR count). The summed E-state index contributed by atoms with van der Waals surface area (Å²) in [4.78, 5) is 0. The van der Waals surface area contributed by atoms with E-state index in [4.69, 9.17) is 10.5 Å². The average molecular weight is 342 g/mol. The Balaban J connectivity index is 3.28. The number of nitrogens with two attached hydrogens (primary N) is 1. The molecule has 1 aromatic rings. The van der Waals surface area contributed by atoms with E-state index < -0.39 is 0 Å². The van der Waals surface area contributed by atoms with Crippen LogP contribution in [0.5, 0.6) is 5.75 Å². The van der Waals surface area contributed by atoms with Crippen LogP contribution >= 0.6 is 15.9 Å². The third-order valence-electron chi connectivity index (χ3n) is 4.07. The second kappa shape index (κ2) is 8.04. The maximum Gasteiger partial charge on any atom is 0.126 e. The van der Waals surface area contributed by atoms with E-state index in [1.807, 2.05) is 0 Å². The molecule has 1 aromatic carbocycles. The monoisotopic (exact) mass is 341 g/mol. The Morgan fingerprint density at radius 1 is 1.20 bits per heavy atom. The number of methoxy groups -OCH3 is 1. The number of halogens is 1. The molecule has 0 aliphatic carbocycles. The molecule has 3 heteroatoms. The lowest BCUT2D eigenvalue weighted by atomic mass is 9.84. The fourth-order valence-electron chi connectivity index (χ4n) is 3.03. The van der Waals surface area contributed by atoms with E-state index in [1.54, 1.807) is 7.11 Å². The Hall–Kier alpha value is -0.540. The Kier molecular flexibility index (Phi) is 7.04. The fourth-order valence-corrected chi connectivity index (χ4v) is 3.59. The van der Waals surface area contributed by atoms with Crippen molar-refractivity contribution in [2.24, 2.45) is 11.7 Å². The molecule has 1 unspecified atom stereocenters. The summed E-state index contributed by atoms with van der Waals surface area (Å²) < 4.78 is 6.76. The highest BCUT2D eigenvalue weighted by Crippen LogP contribution is 2.40. The highest BCUT2D eigenvalue weighted by atomic mass is 79.9. The molecule has 0 bridgehead atoms. The standard InChI is InChI=1S/C17H28BrNO/c1-6-8-13(9-7-2)16(19)15-12(4)14(18)10-11(3)17(15)20-5/h10,13,16H,6-9,19H2,1-5H3. The zero-order valence-electron chi connectivity index (χ0n) is 13.4. The Bertz CT molecular complexity index is 439. The van der Waals surface area contributed by atoms with Crippen LogP contribution in [0.25, 0.3) is 0 Å². The molecule has 0 amide bonds. The molecule has 20 heavy (non-hydrogen) atoms. The molecule has 2 N–H and O–H groups in total. The summed E-state index contributed by atoms with van der Waals surface area (Å²) in [5.41, 5.74) is 10.1. The molecule has 0 heterocycles. The van der Waals surface area contributed by atoms with Crippen LogP contribution in [0, 0.1) is 19.8 Å². The quantitative estimate of drug-likeness (QED) is 0.731. The zero-order valence-corrected chi connectivity index (χ0v) is 15.0. The van der Waals surface area contributed by atoms with Crippen molar-refractivity contribution in [1.82, 2.24) is 0 Å². The average Bonchev–Trinajstić information content (AvgIpc) is 2.41. The second-order valence-corrected chi connectivity index (χ2v) is 6.46. The van der Waals surface area contributed by atoms with Gasteiger partial charge in [-0.2, -0.15) is 0 Å². The van der Waals surface area contributed by atoms with E-state index in [0.717, 1.165) is 15.8 Å². The predicted octanol–water partition coefficient (Wildman–Crippen LogP) is 5.29. The smallest absolute Gasteiger partial charge is 0.126 e. The number of hydrogen-bond donors (Lipinski definition) is 1. The van der Waals surface area contributed by atoms with Gasteiger partial charge in [0.2, 0.25) is 0 Å². The van der Waals surface area contributed by atoms with E-state index in [9.17, 15) is 0 Å². The second-order valence-electron chi connectivity index (χ2n) is 5.61. The van der Waals surface area contributed by atoms with Gasteiger partial charge in [-0.1, -0.05) is 42.6 Å². The lowest BCUT2D eigenvalue weighted by Crippen LogP contribution is -2.23. The maximum atomic E-state index is 6.63. The number of aryl methyl sites for hydroxylation is 1. The minimum Gasteiger partial charge on any atom is -0.496 e. The van der Waals surface area contributed by atoms with E-state index in [1.165, 1.54) is 36.8 Å². The van der Waals surface area contributed by atoms with E-state index in [2.05, 4.69) is 49.7 Å². The molecule has 1 atom stereocenters. The molecular formula is C17H28BrNO. The zero-order chi connectivity index (χ0) is 15.3. The van der Waals surface area contributed by atoms with Gasteiger partial charge >= 0.3 is 0 Å². The summed E-state index contributed by atoms with van der Waals surface area (Å²) >= 11 is 3.64. The van der Waals surface area contributed by atoms with E-state index in [-0.39, 0.29) is 6.04 Å². The van der Waals surface area contributed by atoms with E-state index in [0.29, 0.717) is 5.92 Å². The number of hydrogen-bond acceptors (Lipinski definition) is 2. The molecule has 0 aliphatic rings. The summed E-state index contributed by atoms with van der Waals surface area (Å²) in [7, 11) is 1.74. The number of benzene rings is 1. The molecular weight excluding hydrogens is 314 g/mol. The van der Waals surface area contributed by atoms with Gasteiger partial charge < -0.3 is 10.5 Å². The first-order chi connectivity index (χ1) is 9.47. The van der Waals surface area contributed by atoms with Gasteiger partial charge in [0.25, 0.3) is 0 Å². The minimum atomic E-state index is 0.0426. The maximum absolute atomic E-state index is 6.63. The first-order valence-corrected chi connectivity index (χ1v) is 8.36. The van der Waals surface area contributed by atoms with Crippen molar-refractivity contribution >= 4 is 15.9 Å². The summed E-state index contributed by atoms with van der Waals surface area (Å²) in [6.45, 7) is 8.65. The van der Waals surface area contributed by atoms with Crippen LogP contribution < -0.4 is 10.5 Å². The van der Waals surface area contributed by atoms with Crippen LogP contribution in [-0.4, -0.2) is 7.11 Å². The number of ether oxygens (including phenoxy) is 1. The molecule has 0 saturated carbocycles. The summed E-state index contributed by atoms with van der Waals surface area (Å²) in [5, 5.41) is 0. The lowest BCUT2D eigenvalue weighted by molar-refractivity contribution is 0.347. The molecule has 0 radical (unpaired) electrons. The molecule has 114 valence electrons. The Morgan fingerprint density at radius 3 is 2.20 bits per heavy atom. The normalized spacial score (nSPS) is 12.8. The SMILES string of the molecule is CCCC(CCC)C(N)c1c(C)c(Br)cc(C)c1OC. The summed E-state index contributed by atoms with van der Waals surface area (Å²) in [6.07, 6.45) is 4.69.